The number of aryl methyl sites for hydroxylation is 2. The molecule has 0 radical (unpaired) electrons. The highest BCUT2D eigenvalue weighted by atomic mass is 79.9. The average molecular weight is 399 g/mol. The van der Waals surface area contributed by atoms with Crippen molar-refractivity contribution in [3.05, 3.63) is 63.5 Å². The van der Waals surface area contributed by atoms with E-state index in [1.807, 2.05) is 46.8 Å². The summed E-state index contributed by atoms with van der Waals surface area (Å²) in [7, 11) is 0. The van der Waals surface area contributed by atoms with Gasteiger partial charge in [-0.1, -0.05) is 34.1 Å². The summed E-state index contributed by atoms with van der Waals surface area (Å²) in [4.78, 5) is 19.0. The highest BCUT2D eigenvalue weighted by Crippen LogP contribution is 2.22. The van der Waals surface area contributed by atoms with E-state index < -0.39 is 0 Å². The van der Waals surface area contributed by atoms with Gasteiger partial charge >= 0.3 is 0 Å². The molecule has 1 aliphatic heterocycles. The number of carbonyl (C=O) groups is 1. The molecule has 0 atom stereocenters. The van der Waals surface area contributed by atoms with Crippen LogP contribution in [0.5, 0.6) is 0 Å². The largest absolute Gasteiger partial charge is 0.338 e. The van der Waals surface area contributed by atoms with Crippen molar-refractivity contribution >= 4 is 27.5 Å². The van der Waals surface area contributed by atoms with Crippen LogP contribution in [0, 0.1) is 6.92 Å². The molecule has 1 amide bonds. The molecule has 25 heavy (non-hydrogen) atoms. The second kappa shape index (κ2) is 6.59. The number of aromatic nitrogens is 3. The molecule has 0 bridgehead atoms. The highest BCUT2D eigenvalue weighted by Gasteiger charge is 2.23. The van der Waals surface area contributed by atoms with Crippen molar-refractivity contribution in [2.75, 3.05) is 6.54 Å². The fourth-order valence-corrected chi connectivity index (χ4v) is 3.85. The summed E-state index contributed by atoms with van der Waals surface area (Å²) in [5.41, 5.74) is 5.28. The lowest BCUT2D eigenvalue weighted by atomic mass is 10.1. The zero-order valence-corrected chi connectivity index (χ0v) is 15.7. The number of hydrogen-bond acceptors (Lipinski definition) is 3. The molecule has 1 aromatic carbocycles. The second-order valence-corrected chi connectivity index (χ2v) is 7.30. The van der Waals surface area contributed by atoms with E-state index in [1.54, 1.807) is 0 Å². The van der Waals surface area contributed by atoms with Crippen molar-refractivity contribution in [1.82, 2.24) is 19.5 Å². The van der Waals surface area contributed by atoms with Gasteiger partial charge in [-0.05, 0) is 25.0 Å². The summed E-state index contributed by atoms with van der Waals surface area (Å²) >= 11 is 3.55. The van der Waals surface area contributed by atoms with Crippen LogP contribution >= 0.6 is 15.9 Å². The summed E-state index contributed by atoms with van der Waals surface area (Å²) in [6.07, 6.45) is 3.98. The van der Waals surface area contributed by atoms with Crippen molar-refractivity contribution in [2.45, 2.75) is 32.7 Å². The Labute approximate surface area is 154 Å². The van der Waals surface area contributed by atoms with E-state index in [2.05, 4.69) is 32.1 Å². The first-order chi connectivity index (χ1) is 12.1. The molecule has 0 aliphatic carbocycles. The van der Waals surface area contributed by atoms with Crippen LogP contribution in [0.25, 0.3) is 5.65 Å². The van der Waals surface area contributed by atoms with Crippen LogP contribution in [0.1, 0.15) is 28.9 Å². The lowest BCUT2D eigenvalue weighted by molar-refractivity contribution is -0.132. The van der Waals surface area contributed by atoms with E-state index in [0.29, 0.717) is 13.0 Å². The fraction of sp³-hybridized carbons (Fsp3) is 0.316. The molecule has 4 rings (SSSR count). The predicted molar refractivity (Wildman–Crippen MR) is 99.3 cm³/mol. The van der Waals surface area contributed by atoms with Gasteiger partial charge in [0.05, 0.1) is 11.4 Å². The molecule has 0 spiro atoms. The summed E-state index contributed by atoms with van der Waals surface area (Å²) in [5.74, 6) is 0.193. The first kappa shape index (κ1) is 16.3. The lowest BCUT2D eigenvalue weighted by Crippen LogP contribution is -2.37. The summed E-state index contributed by atoms with van der Waals surface area (Å²) < 4.78 is 2.99. The van der Waals surface area contributed by atoms with Crippen LogP contribution in [0.15, 0.2) is 41.0 Å². The Hall–Kier alpha value is -2.21. The average Bonchev–Trinajstić information content (AvgIpc) is 3.01. The van der Waals surface area contributed by atoms with Crippen LogP contribution in [0.4, 0.5) is 0 Å². The molecule has 5 nitrogen and oxygen atoms in total. The molecule has 0 saturated carbocycles. The van der Waals surface area contributed by atoms with E-state index >= 15 is 0 Å². The van der Waals surface area contributed by atoms with Crippen molar-refractivity contribution in [3.63, 3.8) is 0 Å². The number of benzene rings is 1. The molecule has 1 aliphatic rings. The first-order valence-corrected chi connectivity index (χ1v) is 9.25. The van der Waals surface area contributed by atoms with Gasteiger partial charge in [-0.2, -0.15) is 5.10 Å². The third kappa shape index (κ3) is 3.18. The zero-order chi connectivity index (χ0) is 17.4. The molecule has 0 fully saturated rings. The summed E-state index contributed by atoms with van der Waals surface area (Å²) in [6, 6.07) is 10.0. The Kier molecular flexibility index (Phi) is 4.29. The van der Waals surface area contributed by atoms with Crippen molar-refractivity contribution < 1.29 is 4.79 Å². The topological polar surface area (TPSA) is 50.5 Å². The molecule has 3 aromatic rings. The maximum atomic E-state index is 12.6. The second-order valence-electron chi connectivity index (χ2n) is 6.44. The summed E-state index contributed by atoms with van der Waals surface area (Å²) in [6.45, 7) is 3.33. The van der Waals surface area contributed by atoms with Gasteiger partial charge in [0, 0.05) is 48.2 Å². The normalized spacial score (nSPS) is 13.9. The van der Waals surface area contributed by atoms with E-state index in [0.717, 1.165) is 40.8 Å². The quantitative estimate of drug-likeness (QED) is 0.679. The number of carbonyl (C=O) groups excluding carboxylic acids is 1. The molecule has 6 heteroatoms. The Morgan fingerprint density at radius 2 is 2.16 bits per heavy atom. The smallest absolute Gasteiger partial charge is 0.223 e. The molecule has 0 N–H and O–H groups in total. The number of rotatable bonds is 3. The van der Waals surface area contributed by atoms with Gasteiger partial charge in [-0.15, -0.1) is 0 Å². The Morgan fingerprint density at radius 1 is 1.32 bits per heavy atom. The minimum atomic E-state index is 0.193. The van der Waals surface area contributed by atoms with Crippen LogP contribution in [0.2, 0.25) is 0 Å². The molecular weight excluding hydrogens is 380 g/mol. The number of hydrogen-bond donors (Lipinski definition) is 0. The van der Waals surface area contributed by atoms with Gasteiger partial charge in [0.15, 0.2) is 5.65 Å². The highest BCUT2D eigenvalue weighted by molar-refractivity contribution is 9.10. The Bertz CT molecular complexity index is 950. The van der Waals surface area contributed by atoms with Crippen molar-refractivity contribution in [3.8, 4) is 0 Å². The maximum absolute atomic E-state index is 12.6. The van der Waals surface area contributed by atoms with Crippen LogP contribution in [0.3, 0.4) is 0 Å². The third-order valence-electron chi connectivity index (χ3n) is 4.69. The van der Waals surface area contributed by atoms with Crippen molar-refractivity contribution in [1.29, 1.82) is 0 Å². The van der Waals surface area contributed by atoms with E-state index in [-0.39, 0.29) is 5.91 Å². The zero-order valence-electron chi connectivity index (χ0n) is 14.1. The lowest BCUT2D eigenvalue weighted by Gasteiger charge is -2.29. The molecular formula is C19H19BrN4O. The van der Waals surface area contributed by atoms with Crippen LogP contribution < -0.4 is 0 Å². The van der Waals surface area contributed by atoms with E-state index in [9.17, 15) is 4.79 Å². The van der Waals surface area contributed by atoms with E-state index in [1.165, 1.54) is 11.3 Å². The number of fused-ring (bicyclic) bond motifs is 3. The minimum absolute atomic E-state index is 0.193. The van der Waals surface area contributed by atoms with E-state index in [4.69, 9.17) is 0 Å². The SMILES string of the molecule is Cc1cc2ncc3c(n2n1)CCN(C(=O)CCc1ccccc1Br)C3. The number of halogens is 1. The fourth-order valence-electron chi connectivity index (χ4n) is 3.37. The third-order valence-corrected chi connectivity index (χ3v) is 5.46. The summed E-state index contributed by atoms with van der Waals surface area (Å²) in [5, 5.41) is 4.53. The number of nitrogens with zero attached hydrogens (tertiary/aromatic N) is 4. The predicted octanol–water partition coefficient (Wildman–Crippen LogP) is 3.32. The Morgan fingerprint density at radius 3 is 3.00 bits per heavy atom. The molecule has 0 unspecified atom stereocenters. The van der Waals surface area contributed by atoms with Gasteiger partial charge in [0.2, 0.25) is 5.91 Å². The standard InChI is InChI=1S/C19H19BrN4O/c1-13-10-18-21-11-15-12-23(9-8-17(15)24(18)22-13)19(25)7-6-14-4-2-3-5-16(14)20/h2-5,10-11H,6-9,12H2,1H3. The van der Waals surface area contributed by atoms with Crippen LogP contribution in [-0.2, 0) is 24.2 Å². The number of amides is 1. The Balaban J connectivity index is 1.47. The van der Waals surface area contributed by atoms with Gasteiger partial charge in [0.25, 0.3) is 0 Å². The monoisotopic (exact) mass is 398 g/mol. The van der Waals surface area contributed by atoms with Crippen LogP contribution in [-0.4, -0.2) is 31.9 Å². The van der Waals surface area contributed by atoms with Gasteiger partial charge in [-0.3, -0.25) is 4.79 Å². The molecule has 3 heterocycles. The minimum Gasteiger partial charge on any atom is -0.338 e. The maximum Gasteiger partial charge on any atom is 0.223 e. The molecule has 0 saturated heterocycles. The van der Waals surface area contributed by atoms with Gasteiger partial charge in [0.1, 0.15) is 0 Å². The molecule has 128 valence electrons. The molecule has 2 aromatic heterocycles. The van der Waals surface area contributed by atoms with Crippen molar-refractivity contribution in [2.24, 2.45) is 0 Å². The van der Waals surface area contributed by atoms with Gasteiger partial charge < -0.3 is 4.90 Å². The first-order valence-electron chi connectivity index (χ1n) is 8.46. The van der Waals surface area contributed by atoms with Gasteiger partial charge in [-0.25, -0.2) is 9.50 Å².